The number of halogens is 2. The summed E-state index contributed by atoms with van der Waals surface area (Å²) >= 11 is 3.49. The van der Waals surface area contributed by atoms with E-state index in [1.54, 1.807) is 24.3 Å². The lowest BCUT2D eigenvalue weighted by molar-refractivity contribution is -0.114. The van der Waals surface area contributed by atoms with Crippen LogP contribution in [0.4, 0.5) is 10.1 Å². The second kappa shape index (κ2) is 9.92. The topological polar surface area (TPSA) is 41.9 Å². The molecule has 0 radical (unpaired) electrons. The van der Waals surface area contributed by atoms with Crippen LogP contribution in [0.2, 0.25) is 0 Å². The van der Waals surface area contributed by atoms with E-state index in [2.05, 4.69) is 28.0 Å². The van der Waals surface area contributed by atoms with Crippen LogP contribution in [0, 0.1) is 5.82 Å². The number of amides is 1. The van der Waals surface area contributed by atoms with Gasteiger partial charge < -0.3 is 4.74 Å². The van der Waals surface area contributed by atoms with Crippen molar-refractivity contribution in [1.82, 2.24) is 0 Å². The fraction of sp³-hybridized carbons (Fsp3) is 0.154. The second-order valence-electron chi connectivity index (χ2n) is 7.37. The van der Waals surface area contributed by atoms with E-state index in [0.29, 0.717) is 23.3 Å². The highest BCUT2D eigenvalue weighted by Crippen LogP contribution is 2.31. The third-order valence-electron chi connectivity index (χ3n) is 5.05. The molecule has 0 bridgehead atoms. The van der Waals surface area contributed by atoms with E-state index in [1.807, 2.05) is 48.5 Å². The molecule has 0 fully saturated rings. The number of hydrogen-bond donors (Lipinski definition) is 0. The van der Waals surface area contributed by atoms with E-state index in [4.69, 9.17) is 4.74 Å². The van der Waals surface area contributed by atoms with Gasteiger partial charge in [0.15, 0.2) is 0 Å². The summed E-state index contributed by atoms with van der Waals surface area (Å²) in [6, 6.07) is 21.4. The molecule has 0 aliphatic carbocycles. The van der Waals surface area contributed by atoms with Crippen molar-refractivity contribution in [2.24, 2.45) is 5.10 Å². The quantitative estimate of drug-likeness (QED) is 0.342. The summed E-state index contributed by atoms with van der Waals surface area (Å²) in [5.74, 6) is 0.0665. The Morgan fingerprint density at radius 1 is 1.06 bits per heavy atom. The van der Waals surface area contributed by atoms with Gasteiger partial charge in [-0.1, -0.05) is 65.7 Å². The molecule has 0 atom stereocenters. The molecule has 0 N–H and O–H groups in total. The van der Waals surface area contributed by atoms with E-state index in [9.17, 15) is 9.18 Å². The first-order valence-corrected chi connectivity index (χ1v) is 11.2. The van der Waals surface area contributed by atoms with Gasteiger partial charge in [-0.05, 0) is 48.9 Å². The molecule has 1 heterocycles. The van der Waals surface area contributed by atoms with Crippen LogP contribution in [0.3, 0.4) is 0 Å². The van der Waals surface area contributed by atoms with Crippen molar-refractivity contribution in [1.29, 1.82) is 0 Å². The summed E-state index contributed by atoms with van der Waals surface area (Å²) in [6.45, 7) is 2.14. The van der Waals surface area contributed by atoms with E-state index in [-0.39, 0.29) is 18.3 Å². The average Bonchev–Trinajstić information content (AvgIpc) is 3.10. The molecule has 0 saturated carbocycles. The number of carbonyl (C=O) groups excluding carboxylic acids is 1. The van der Waals surface area contributed by atoms with Crippen LogP contribution in [0.1, 0.15) is 30.9 Å². The highest BCUT2D eigenvalue weighted by molar-refractivity contribution is 9.10. The Balaban J connectivity index is 1.67. The van der Waals surface area contributed by atoms with Crippen LogP contribution in [-0.2, 0) is 11.4 Å². The Hall–Kier alpha value is -3.25. The largest absolute Gasteiger partial charge is 0.488 e. The minimum Gasteiger partial charge on any atom is -0.488 e. The molecule has 1 aliphatic rings. The number of hydrazone groups is 1. The van der Waals surface area contributed by atoms with Crippen LogP contribution in [-0.4, -0.2) is 11.6 Å². The molecule has 0 aromatic heterocycles. The number of benzene rings is 3. The molecule has 0 unspecified atom stereocenters. The van der Waals surface area contributed by atoms with Gasteiger partial charge in [-0.3, -0.25) is 4.79 Å². The van der Waals surface area contributed by atoms with Crippen molar-refractivity contribution >= 4 is 39.3 Å². The number of hydrogen-bond acceptors (Lipinski definition) is 3. The number of ether oxygens (including phenoxy) is 1. The van der Waals surface area contributed by atoms with Crippen molar-refractivity contribution in [2.75, 3.05) is 5.01 Å². The lowest BCUT2D eigenvalue weighted by Crippen LogP contribution is -2.21. The Kier molecular flexibility index (Phi) is 6.81. The predicted molar refractivity (Wildman–Crippen MR) is 129 cm³/mol. The van der Waals surface area contributed by atoms with Crippen molar-refractivity contribution in [3.8, 4) is 5.75 Å². The number of rotatable bonds is 7. The van der Waals surface area contributed by atoms with Gasteiger partial charge in [-0.15, -0.1) is 0 Å². The SMILES string of the molecule is CCCC1=NN(c2ccccc2)C(=O)C1=Cc1cc(Br)ccc1OCc1ccccc1F. The van der Waals surface area contributed by atoms with Crippen LogP contribution in [0.25, 0.3) is 6.08 Å². The van der Waals surface area contributed by atoms with Gasteiger partial charge in [0, 0.05) is 15.6 Å². The fourth-order valence-corrected chi connectivity index (χ4v) is 3.84. The zero-order valence-electron chi connectivity index (χ0n) is 17.6. The van der Waals surface area contributed by atoms with E-state index in [0.717, 1.165) is 27.9 Å². The lowest BCUT2D eigenvalue weighted by Gasteiger charge is -2.12. The number of carbonyl (C=O) groups is 1. The summed E-state index contributed by atoms with van der Waals surface area (Å²) in [6.07, 6.45) is 3.35. The molecule has 4 rings (SSSR count). The third-order valence-corrected chi connectivity index (χ3v) is 5.55. The van der Waals surface area contributed by atoms with Gasteiger partial charge in [-0.2, -0.15) is 10.1 Å². The van der Waals surface area contributed by atoms with Gasteiger partial charge in [0.05, 0.1) is 17.0 Å². The van der Waals surface area contributed by atoms with Gasteiger partial charge in [-0.25, -0.2) is 4.39 Å². The van der Waals surface area contributed by atoms with Gasteiger partial charge in [0.25, 0.3) is 5.91 Å². The van der Waals surface area contributed by atoms with Crippen LogP contribution < -0.4 is 9.75 Å². The van der Waals surface area contributed by atoms with E-state index < -0.39 is 0 Å². The average molecular weight is 493 g/mol. The summed E-state index contributed by atoms with van der Waals surface area (Å²) in [5.41, 5.74) is 3.18. The number of nitrogens with zero attached hydrogens (tertiary/aromatic N) is 2. The van der Waals surface area contributed by atoms with Crippen molar-refractivity contribution in [3.63, 3.8) is 0 Å². The van der Waals surface area contributed by atoms with Crippen molar-refractivity contribution in [3.05, 3.63) is 99.8 Å². The minimum absolute atomic E-state index is 0.0878. The Bertz CT molecular complexity index is 1190. The van der Waals surface area contributed by atoms with Gasteiger partial charge >= 0.3 is 0 Å². The monoisotopic (exact) mass is 492 g/mol. The smallest absolute Gasteiger partial charge is 0.280 e. The molecule has 1 aliphatic heterocycles. The zero-order chi connectivity index (χ0) is 22.5. The molecule has 162 valence electrons. The first kappa shape index (κ1) is 22.0. The molecule has 0 saturated heterocycles. The van der Waals surface area contributed by atoms with E-state index in [1.165, 1.54) is 11.1 Å². The highest BCUT2D eigenvalue weighted by Gasteiger charge is 2.30. The molecule has 32 heavy (non-hydrogen) atoms. The van der Waals surface area contributed by atoms with Crippen molar-refractivity contribution < 1.29 is 13.9 Å². The summed E-state index contributed by atoms with van der Waals surface area (Å²) in [5, 5.41) is 6.03. The predicted octanol–water partition coefficient (Wildman–Crippen LogP) is 6.75. The first-order chi connectivity index (χ1) is 15.6. The van der Waals surface area contributed by atoms with Crippen LogP contribution >= 0.6 is 15.9 Å². The Morgan fingerprint density at radius 3 is 2.56 bits per heavy atom. The first-order valence-electron chi connectivity index (χ1n) is 10.4. The van der Waals surface area contributed by atoms with Gasteiger partial charge in [0.2, 0.25) is 0 Å². The maximum absolute atomic E-state index is 14.0. The Labute approximate surface area is 195 Å². The summed E-state index contributed by atoms with van der Waals surface area (Å²) in [7, 11) is 0. The normalized spacial score (nSPS) is 14.7. The molecule has 0 spiro atoms. The third kappa shape index (κ3) is 4.81. The fourth-order valence-electron chi connectivity index (χ4n) is 3.46. The molecule has 1 amide bonds. The summed E-state index contributed by atoms with van der Waals surface area (Å²) in [4.78, 5) is 13.3. The minimum atomic E-state index is -0.314. The standard InChI is InChI=1S/C26H22BrFN2O2/c1-2-8-24-22(26(31)30(29-24)21-10-4-3-5-11-21)16-19-15-20(27)13-14-25(19)32-17-18-9-6-7-12-23(18)28/h3-7,9-16H,2,8,17H2,1H3. The molecule has 3 aromatic rings. The van der Waals surface area contributed by atoms with Crippen LogP contribution in [0.15, 0.2) is 87.9 Å². The highest BCUT2D eigenvalue weighted by atomic mass is 79.9. The van der Waals surface area contributed by atoms with Crippen LogP contribution in [0.5, 0.6) is 5.75 Å². The molecular formula is C26H22BrFN2O2. The van der Waals surface area contributed by atoms with Crippen molar-refractivity contribution in [2.45, 2.75) is 26.4 Å². The maximum atomic E-state index is 14.0. The molecular weight excluding hydrogens is 471 g/mol. The summed E-state index contributed by atoms with van der Waals surface area (Å²) < 4.78 is 20.8. The molecule has 3 aromatic carbocycles. The zero-order valence-corrected chi connectivity index (χ0v) is 19.2. The lowest BCUT2D eigenvalue weighted by atomic mass is 10.0. The maximum Gasteiger partial charge on any atom is 0.280 e. The second-order valence-corrected chi connectivity index (χ2v) is 8.29. The molecule has 6 heteroatoms. The molecule has 4 nitrogen and oxygen atoms in total. The van der Waals surface area contributed by atoms with Gasteiger partial charge in [0.1, 0.15) is 18.2 Å². The number of anilines is 1. The van der Waals surface area contributed by atoms with E-state index >= 15 is 0 Å². The Morgan fingerprint density at radius 2 is 1.81 bits per heavy atom. The number of para-hydroxylation sites is 1.